The van der Waals surface area contributed by atoms with Gasteiger partial charge in [0.05, 0.1) is 24.1 Å². The van der Waals surface area contributed by atoms with Crippen LogP contribution in [0.2, 0.25) is 0 Å². The molecule has 0 radical (unpaired) electrons. The first-order valence-electron chi connectivity index (χ1n) is 5.76. The summed E-state index contributed by atoms with van der Waals surface area (Å²) in [5, 5.41) is 11.8. The summed E-state index contributed by atoms with van der Waals surface area (Å²) >= 11 is 0. The molecule has 0 saturated carbocycles. The van der Waals surface area contributed by atoms with Crippen molar-refractivity contribution in [1.82, 2.24) is 15.0 Å². The highest BCUT2D eigenvalue weighted by atomic mass is 35.5. The zero-order valence-corrected chi connectivity index (χ0v) is 11.0. The lowest BCUT2D eigenvalue weighted by Gasteiger charge is -2.31. The van der Waals surface area contributed by atoms with Crippen LogP contribution in [0.1, 0.15) is 5.69 Å². The number of hydrogen-bond donors (Lipinski definition) is 1. The minimum absolute atomic E-state index is 0. The van der Waals surface area contributed by atoms with E-state index in [0.29, 0.717) is 0 Å². The first-order chi connectivity index (χ1) is 8.33. The van der Waals surface area contributed by atoms with Crippen molar-refractivity contribution in [3.63, 3.8) is 0 Å². The maximum absolute atomic E-state index is 4.32. The topological polar surface area (TPSA) is 46.0 Å². The first kappa shape index (κ1) is 12.7. The monoisotopic (exact) mass is 265 g/mol. The molecule has 1 N–H and O–H groups in total. The summed E-state index contributed by atoms with van der Waals surface area (Å²) in [6, 6.07) is 8.36. The van der Waals surface area contributed by atoms with Gasteiger partial charge in [0.15, 0.2) is 0 Å². The number of nitrogens with zero attached hydrogens (tertiary/aromatic N) is 4. The third kappa shape index (κ3) is 2.41. The number of fused-ring (bicyclic) bond motifs is 1. The SMILES string of the molecule is Cl.Cn1ncc(CN2CCNc3ccccc32)n1. The number of nitrogens with one attached hydrogen (secondary N) is 1. The van der Waals surface area contributed by atoms with Crippen molar-refractivity contribution in [2.24, 2.45) is 7.05 Å². The molecule has 0 fully saturated rings. The summed E-state index contributed by atoms with van der Waals surface area (Å²) in [6.45, 7) is 2.78. The van der Waals surface area contributed by atoms with Crippen molar-refractivity contribution in [1.29, 1.82) is 0 Å². The molecule has 5 nitrogen and oxygen atoms in total. The molecule has 3 rings (SSSR count). The Morgan fingerprint density at radius 1 is 1.33 bits per heavy atom. The van der Waals surface area contributed by atoms with Crippen LogP contribution in [0.25, 0.3) is 0 Å². The van der Waals surface area contributed by atoms with Gasteiger partial charge in [-0.05, 0) is 12.1 Å². The molecule has 2 aromatic rings. The molecule has 0 amide bonds. The maximum Gasteiger partial charge on any atom is 0.102 e. The summed E-state index contributed by atoms with van der Waals surface area (Å²) in [4.78, 5) is 3.93. The van der Waals surface area contributed by atoms with Crippen LogP contribution in [0, 0.1) is 0 Å². The Bertz CT molecular complexity index is 525. The summed E-state index contributed by atoms with van der Waals surface area (Å²) in [6.07, 6.45) is 1.82. The van der Waals surface area contributed by atoms with Crippen LogP contribution < -0.4 is 10.2 Å². The van der Waals surface area contributed by atoms with Gasteiger partial charge in [-0.1, -0.05) is 12.1 Å². The lowest BCUT2D eigenvalue weighted by molar-refractivity contribution is 0.640. The molecule has 0 saturated heterocycles. The fourth-order valence-corrected chi connectivity index (χ4v) is 2.16. The average Bonchev–Trinajstić information content (AvgIpc) is 2.75. The van der Waals surface area contributed by atoms with Crippen LogP contribution in [0.5, 0.6) is 0 Å². The third-order valence-electron chi connectivity index (χ3n) is 2.94. The second-order valence-corrected chi connectivity index (χ2v) is 4.19. The molecule has 96 valence electrons. The quantitative estimate of drug-likeness (QED) is 0.897. The Kier molecular flexibility index (Phi) is 3.72. The molecule has 2 heterocycles. The Balaban J connectivity index is 0.00000120. The van der Waals surface area contributed by atoms with E-state index < -0.39 is 0 Å². The molecule has 0 spiro atoms. The minimum atomic E-state index is 0. The minimum Gasteiger partial charge on any atom is -0.382 e. The predicted octanol–water partition coefficient (Wildman–Crippen LogP) is 1.67. The molecule has 0 unspecified atom stereocenters. The summed E-state index contributed by atoms with van der Waals surface area (Å²) in [5.74, 6) is 0. The van der Waals surface area contributed by atoms with Crippen molar-refractivity contribution in [2.45, 2.75) is 6.54 Å². The molecule has 1 aliphatic heterocycles. The molecule has 1 aromatic carbocycles. The van der Waals surface area contributed by atoms with E-state index in [9.17, 15) is 0 Å². The van der Waals surface area contributed by atoms with E-state index >= 15 is 0 Å². The zero-order valence-electron chi connectivity index (χ0n) is 10.2. The van der Waals surface area contributed by atoms with E-state index in [1.165, 1.54) is 11.4 Å². The maximum atomic E-state index is 4.32. The fraction of sp³-hybridized carbons (Fsp3) is 0.333. The van der Waals surface area contributed by atoms with Gasteiger partial charge in [0.25, 0.3) is 0 Å². The van der Waals surface area contributed by atoms with E-state index in [4.69, 9.17) is 0 Å². The Morgan fingerprint density at radius 3 is 2.94 bits per heavy atom. The van der Waals surface area contributed by atoms with E-state index in [0.717, 1.165) is 25.3 Å². The van der Waals surface area contributed by atoms with Gasteiger partial charge in [-0.2, -0.15) is 15.0 Å². The van der Waals surface area contributed by atoms with E-state index in [1.807, 2.05) is 13.2 Å². The Morgan fingerprint density at radius 2 is 2.17 bits per heavy atom. The zero-order chi connectivity index (χ0) is 11.7. The standard InChI is InChI=1S/C12H15N5.ClH/c1-16-14-8-10(15-16)9-17-7-6-13-11-4-2-3-5-12(11)17;/h2-5,8,13H,6-7,9H2,1H3;1H. The molecular formula is C12H16ClN5. The van der Waals surface area contributed by atoms with Gasteiger partial charge in [-0.3, -0.25) is 0 Å². The van der Waals surface area contributed by atoms with E-state index in [2.05, 4.69) is 44.7 Å². The van der Waals surface area contributed by atoms with Crippen molar-refractivity contribution in [3.8, 4) is 0 Å². The number of aromatic nitrogens is 3. The van der Waals surface area contributed by atoms with Crippen LogP contribution in [-0.2, 0) is 13.6 Å². The van der Waals surface area contributed by atoms with Crippen molar-refractivity contribution in [2.75, 3.05) is 23.3 Å². The lowest BCUT2D eigenvalue weighted by Crippen LogP contribution is -2.33. The third-order valence-corrected chi connectivity index (χ3v) is 2.94. The first-order valence-corrected chi connectivity index (χ1v) is 5.76. The molecule has 0 aliphatic carbocycles. The van der Waals surface area contributed by atoms with Gasteiger partial charge in [0.1, 0.15) is 5.69 Å². The van der Waals surface area contributed by atoms with Crippen molar-refractivity contribution >= 4 is 23.8 Å². The molecular weight excluding hydrogens is 250 g/mol. The normalized spacial score (nSPS) is 13.5. The molecule has 6 heteroatoms. The lowest BCUT2D eigenvalue weighted by atomic mass is 10.2. The van der Waals surface area contributed by atoms with Gasteiger partial charge in [0.2, 0.25) is 0 Å². The molecule has 18 heavy (non-hydrogen) atoms. The van der Waals surface area contributed by atoms with Crippen LogP contribution >= 0.6 is 12.4 Å². The highest BCUT2D eigenvalue weighted by molar-refractivity contribution is 5.85. The average molecular weight is 266 g/mol. The van der Waals surface area contributed by atoms with Gasteiger partial charge in [-0.25, -0.2) is 0 Å². The summed E-state index contributed by atoms with van der Waals surface area (Å²) in [7, 11) is 1.84. The summed E-state index contributed by atoms with van der Waals surface area (Å²) < 4.78 is 0. The number of aryl methyl sites for hydroxylation is 1. The molecule has 1 aliphatic rings. The van der Waals surface area contributed by atoms with Crippen LogP contribution in [0.4, 0.5) is 11.4 Å². The Hall–Kier alpha value is -1.75. The number of para-hydroxylation sites is 2. The molecule has 0 atom stereocenters. The van der Waals surface area contributed by atoms with Crippen LogP contribution in [0.3, 0.4) is 0 Å². The van der Waals surface area contributed by atoms with Gasteiger partial charge in [0, 0.05) is 20.1 Å². The number of benzene rings is 1. The Labute approximate surface area is 112 Å². The summed E-state index contributed by atoms with van der Waals surface area (Å²) in [5.41, 5.74) is 3.44. The van der Waals surface area contributed by atoms with Gasteiger partial charge < -0.3 is 10.2 Å². The number of hydrogen-bond acceptors (Lipinski definition) is 4. The van der Waals surface area contributed by atoms with Gasteiger partial charge in [-0.15, -0.1) is 12.4 Å². The fourth-order valence-electron chi connectivity index (χ4n) is 2.16. The number of halogens is 1. The van der Waals surface area contributed by atoms with E-state index in [-0.39, 0.29) is 12.4 Å². The highest BCUT2D eigenvalue weighted by Gasteiger charge is 2.16. The largest absolute Gasteiger partial charge is 0.382 e. The molecule has 0 bridgehead atoms. The van der Waals surface area contributed by atoms with Gasteiger partial charge >= 0.3 is 0 Å². The number of rotatable bonds is 2. The van der Waals surface area contributed by atoms with E-state index in [1.54, 1.807) is 4.80 Å². The second kappa shape index (κ2) is 5.27. The van der Waals surface area contributed by atoms with Crippen molar-refractivity contribution in [3.05, 3.63) is 36.2 Å². The number of anilines is 2. The van der Waals surface area contributed by atoms with Crippen LogP contribution in [0.15, 0.2) is 30.5 Å². The predicted molar refractivity (Wildman–Crippen MR) is 74.2 cm³/mol. The van der Waals surface area contributed by atoms with Crippen molar-refractivity contribution < 1.29 is 0 Å². The van der Waals surface area contributed by atoms with Crippen LogP contribution in [-0.4, -0.2) is 28.1 Å². The highest BCUT2D eigenvalue weighted by Crippen LogP contribution is 2.29. The second-order valence-electron chi connectivity index (χ2n) is 4.19. The smallest absolute Gasteiger partial charge is 0.102 e. The molecule has 1 aromatic heterocycles.